The molecule has 0 spiro atoms. The van der Waals surface area contributed by atoms with Gasteiger partial charge in [0.05, 0.1) is 5.41 Å². The molecule has 6 heteroatoms. The van der Waals surface area contributed by atoms with Crippen LogP contribution in [0.1, 0.15) is 32.3 Å². The van der Waals surface area contributed by atoms with Crippen LogP contribution in [0, 0.1) is 5.41 Å². The number of amides is 2. The maximum atomic E-state index is 12.2. The summed E-state index contributed by atoms with van der Waals surface area (Å²) in [5.74, 6) is -0.837. The summed E-state index contributed by atoms with van der Waals surface area (Å²) in [5.41, 5.74) is 0.409. The van der Waals surface area contributed by atoms with Crippen molar-refractivity contribution in [2.24, 2.45) is 5.41 Å². The molecule has 0 aromatic heterocycles. The van der Waals surface area contributed by atoms with Gasteiger partial charge in [-0.3, -0.25) is 4.79 Å². The Kier molecular flexibility index (Phi) is 5.68. The molecule has 23 heavy (non-hydrogen) atoms. The van der Waals surface area contributed by atoms with Gasteiger partial charge in [-0.1, -0.05) is 28.1 Å². The van der Waals surface area contributed by atoms with Gasteiger partial charge in [0.15, 0.2) is 0 Å². The largest absolute Gasteiger partial charge is 0.481 e. The van der Waals surface area contributed by atoms with E-state index >= 15 is 0 Å². The Balaban J connectivity index is 1.79. The standard InChI is InChI=1S/C17H23BrN2O3/c1-12(3-4-13-5-7-14(18)8-6-13)19-16(23)20-10-9-17(2,11-20)15(21)22/h5-8,12H,3-4,9-11H2,1-2H3,(H,19,23)(H,21,22). The van der Waals surface area contributed by atoms with Crippen LogP contribution in [0.2, 0.25) is 0 Å². The van der Waals surface area contributed by atoms with Gasteiger partial charge in [-0.25, -0.2) is 4.79 Å². The van der Waals surface area contributed by atoms with Gasteiger partial charge >= 0.3 is 12.0 Å². The monoisotopic (exact) mass is 382 g/mol. The molecule has 126 valence electrons. The molecule has 2 rings (SSSR count). The Morgan fingerprint density at radius 2 is 2.04 bits per heavy atom. The minimum absolute atomic E-state index is 0.0443. The number of likely N-dealkylation sites (tertiary alicyclic amines) is 1. The van der Waals surface area contributed by atoms with E-state index in [1.807, 2.05) is 19.1 Å². The zero-order valence-electron chi connectivity index (χ0n) is 13.5. The smallest absolute Gasteiger partial charge is 0.317 e. The van der Waals surface area contributed by atoms with Crippen LogP contribution in [0.25, 0.3) is 0 Å². The topological polar surface area (TPSA) is 69.6 Å². The predicted octanol–water partition coefficient (Wildman–Crippen LogP) is 3.28. The SMILES string of the molecule is CC(CCc1ccc(Br)cc1)NC(=O)N1CCC(C)(C(=O)O)C1. The fourth-order valence-corrected chi connectivity index (χ4v) is 2.98. The number of carboxylic acids is 1. The van der Waals surface area contributed by atoms with Crippen molar-refractivity contribution in [3.8, 4) is 0 Å². The van der Waals surface area contributed by atoms with Crippen LogP contribution in [0.4, 0.5) is 4.79 Å². The molecular formula is C17H23BrN2O3. The van der Waals surface area contributed by atoms with E-state index in [4.69, 9.17) is 0 Å². The van der Waals surface area contributed by atoms with Crippen molar-refractivity contribution in [2.45, 2.75) is 39.2 Å². The number of aliphatic carboxylic acids is 1. The van der Waals surface area contributed by atoms with Gasteiger partial charge in [0, 0.05) is 23.6 Å². The number of carbonyl (C=O) groups excluding carboxylic acids is 1. The molecule has 5 nitrogen and oxygen atoms in total. The van der Waals surface area contributed by atoms with Crippen molar-refractivity contribution < 1.29 is 14.7 Å². The first-order valence-corrected chi connectivity index (χ1v) is 8.63. The summed E-state index contributed by atoms with van der Waals surface area (Å²) in [6, 6.07) is 8.03. The third-order valence-electron chi connectivity index (χ3n) is 4.43. The van der Waals surface area contributed by atoms with Gasteiger partial charge in [-0.05, 0) is 50.8 Å². The molecule has 2 atom stereocenters. The number of carbonyl (C=O) groups is 2. The number of carboxylic acid groups (broad SMARTS) is 1. The lowest BCUT2D eigenvalue weighted by molar-refractivity contribution is -0.146. The lowest BCUT2D eigenvalue weighted by Gasteiger charge is -2.23. The normalized spacial score (nSPS) is 22.0. The number of nitrogens with zero attached hydrogens (tertiary/aromatic N) is 1. The van der Waals surface area contributed by atoms with E-state index in [0.29, 0.717) is 13.0 Å². The lowest BCUT2D eigenvalue weighted by Crippen LogP contribution is -2.44. The Labute approximate surface area is 145 Å². The molecule has 1 saturated heterocycles. The summed E-state index contributed by atoms with van der Waals surface area (Å²) in [4.78, 5) is 25.1. The molecule has 2 unspecified atom stereocenters. The molecule has 2 N–H and O–H groups in total. The number of urea groups is 1. The van der Waals surface area contributed by atoms with E-state index in [1.165, 1.54) is 5.56 Å². The van der Waals surface area contributed by atoms with E-state index in [-0.39, 0.29) is 18.6 Å². The first-order chi connectivity index (χ1) is 10.8. The van der Waals surface area contributed by atoms with Crippen LogP contribution in [0.15, 0.2) is 28.7 Å². The van der Waals surface area contributed by atoms with Crippen LogP contribution >= 0.6 is 15.9 Å². The van der Waals surface area contributed by atoms with Crippen molar-refractivity contribution in [3.05, 3.63) is 34.3 Å². The summed E-state index contributed by atoms with van der Waals surface area (Å²) in [7, 11) is 0. The zero-order valence-corrected chi connectivity index (χ0v) is 15.1. The fraction of sp³-hybridized carbons (Fsp3) is 0.529. The zero-order chi connectivity index (χ0) is 17.0. The molecule has 1 fully saturated rings. The van der Waals surface area contributed by atoms with Gasteiger partial charge in [0.25, 0.3) is 0 Å². The molecule has 2 amide bonds. The first-order valence-electron chi connectivity index (χ1n) is 7.83. The summed E-state index contributed by atoms with van der Waals surface area (Å²) < 4.78 is 1.05. The molecular weight excluding hydrogens is 360 g/mol. The van der Waals surface area contributed by atoms with Crippen LogP contribution in [0.3, 0.4) is 0 Å². The number of benzene rings is 1. The van der Waals surface area contributed by atoms with Crippen LogP contribution in [-0.2, 0) is 11.2 Å². The average Bonchev–Trinajstić information content (AvgIpc) is 2.91. The number of nitrogens with one attached hydrogen (secondary N) is 1. The third-order valence-corrected chi connectivity index (χ3v) is 4.95. The Hall–Kier alpha value is -1.56. The molecule has 1 aromatic carbocycles. The van der Waals surface area contributed by atoms with Crippen molar-refractivity contribution in [2.75, 3.05) is 13.1 Å². The molecule has 0 aliphatic carbocycles. The number of rotatable bonds is 5. The second kappa shape index (κ2) is 7.34. The van der Waals surface area contributed by atoms with E-state index < -0.39 is 11.4 Å². The van der Waals surface area contributed by atoms with E-state index in [0.717, 1.165) is 17.3 Å². The lowest BCUT2D eigenvalue weighted by atomic mass is 9.90. The van der Waals surface area contributed by atoms with E-state index in [2.05, 4.69) is 33.4 Å². The summed E-state index contributed by atoms with van der Waals surface area (Å²) in [5, 5.41) is 12.2. The number of halogens is 1. The van der Waals surface area contributed by atoms with Crippen molar-refractivity contribution in [1.82, 2.24) is 10.2 Å². The average molecular weight is 383 g/mol. The van der Waals surface area contributed by atoms with E-state index in [9.17, 15) is 14.7 Å². The van der Waals surface area contributed by atoms with Gasteiger partial charge in [-0.15, -0.1) is 0 Å². The number of hydrogen-bond acceptors (Lipinski definition) is 2. The van der Waals surface area contributed by atoms with Gasteiger partial charge < -0.3 is 15.3 Å². The van der Waals surface area contributed by atoms with E-state index in [1.54, 1.807) is 11.8 Å². The quantitative estimate of drug-likeness (QED) is 0.820. The Bertz CT molecular complexity index is 576. The molecule has 1 heterocycles. The minimum atomic E-state index is -0.837. The molecule has 0 radical (unpaired) electrons. The summed E-state index contributed by atoms with van der Waals surface area (Å²) in [6.45, 7) is 4.43. The minimum Gasteiger partial charge on any atom is -0.481 e. The molecule has 1 aliphatic heterocycles. The van der Waals surface area contributed by atoms with Crippen molar-refractivity contribution in [1.29, 1.82) is 0 Å². The van der Waals surface area contributed by atoms with Gasteiger partial charge in [0.1, 0.15) is 0 Å². The van der Waals surface area contributed by atoms with Crippen LogP contribution in [-0.4, -0.2) is 41.1 Å². The predicted molar refractivity (Wildman–Crippen MR) is 92.4 cm³/mol. The van der Waals surface area contributed by atoms with Gasteiger partial charge in [0.2, 0.25) is 0 Å². The molecule has 1 aliphatic rings. The highest BCUT2D eigenvalue weighted by Gasteiger charge is 2.42. The maximum absolute atomic E-state index is 12.2. The van der Waals surface area contributed by atoms with Gasteiger partial charge in [-0.2, -0.15) is 0 Å². The highest BCUT2D eigenvalue weighted by atomic mass is 79.9. The molecule has 1 aromatic rings. The second-order valence-electron chi connectivity index (χ2n) is 6.55. The molecule has 0 saturated carbocycles. The third kappa shape index (κ3) is 4.70. The Morgan fingerprint density at radius 1 is 1.39 bits per heavy atom. The summed E-state index contributed by atoms with van der Waals surface area (Å²) in [6.07, 6.45) is 2.24. The van der Waals surface area contributed by atoms with Crippen LogP contribution in [0.5, 0.6) is 0 Å². The first kappa shape index (κ1) is 17.8. The Morgan fingerprint density at radius 3 is 2.61 bits per heavy atom. The highest BCUT2D eigenvalue weighted by Crippen LogP contribution is 2.30. The fourth-order valence-electron chi connectivity index (χ4n) is 2.72. The highest BCUT2D eigenvalue weighted by molar-refractivity contribution is 9.10. The maximum Gasteiger partial charge on any atom is 0.317 e. The summed E-state index contributed by atoms with van der Waals surface area (Å²) >= 11 is 3.41. The second-order valence-corrected chi connectivity index (χ2v) is 7.47. The van der Waals surface area contributed by atoms with Crippen molar-refractivity contribution >= 4 is 27.9 Å². The van der Waals surface area contributed by atoms with Crippen LogP contribution < -0.4 is 5.32 Å². The van der Waals surface area contributed by atoms with Crippen molar-refractivity contribution in [3.63, 3.8) is 0 Å². The number of aryl methyl sites for hydroxylation is 1. The number of hydrogen-bond donors (Lipinski definition) is 2. The molecule has 0 bridgehead atoms.